The molecule has 0 saturated heterocycles. The van der Waals surface area contributed by atoms with Crippen molar-refractivity contribution in [1.82, 2.24) is 5.32 Å². The van der Waals surface area contributed by atoms with Gasteiger partial charge in [-0.2, -0.15) is 8.42 Å². The summed E-state index contributed by atoms with van der Waals surface area (Å²) in [4.78, 5) is 0. The lowest BCUT2D eigenvalue weighted by Crippen LogP contribution is -2.32. The smallest absolute Gasteiger partial charge is 0.269 e. The lowest BCUT2D eigenvalue weighted by molar-refractivity contribution is 0.281. The SMILES string of the molecule is CNCC(CCO)S(=O)(=O)O. The lowest BCUT2D eigenvalue weighted by Gasteiger charge is -2.10. The summed E-state index contributed by atoms with van der Waals surface area (Å²) in [6, 6.07) is 0. The Kier molecular flexibility index (Phi) is 4.58. The van der Waals surface area contributed by atoms with Gasteiger partial charge in [0.15, 0.2) is 0 Å². The van der Waals surface area contributed by atoms with E-state index < -0.39 is 15.4 Å². The van der Waals surface area contributed by atoms with E-state index in [4.69, 9.17) is 9.66 Å². The Labute approximate surface area is 66.2 Å². The van der Waals surface area contributed by atoms with Gasteiger partial charge in [-0.3, -0.25) is 4.55 Å². The van der Waals surface area contributed by atoms with Gasteiger partial charge in [0.1, 0.15) is 5.25 Å². The molecule has 0 radical (unpaired) electrons. The second-order valence-corrected chi connectivity index (χ2v) is 3.90. The van der Waals surface area contributed by atoms with Gasteiger partial charge in [0.25, 0.3) is 10.1 Å². The standard InChI is InChI=1S/C5H13NO4S/c1-6-4-5(2-3-7)11(8,9)10/h5-7H,2-4H2,1H3,(H,8,9,10). The van der Waals surface area contributed by atoms with Crippen molar-refractivity contribution in [2.75, 3.05) is 20.2 Å². The first-order chi connectivity index (χ1) is 5.02. The van der Waals surface area contributed by atoms with Crippen LogP contribution in [0.5, 0.6) is 0 Å². The van der Waals surface area contributed by atoms with Crippen molar-refractivity contribution >= 4 is 10.1 Å². The molecule has 6 heteroatoms. The van der Waals surface area contributed by atoms with Crippen LogP contribution in [-0.4, -0.2) is 43.5 Å². The van der Waals surface area contributed by atoms with Crippen LogP contribution in [0.2, 0.25) is 0 Å². The number of nitrogens with one attached hydrogen (secondary N) is 1. The topological polar surface area (TPSA) is 86.6 Å². The van der Waals surface area contributed by atoms with Gasteiger partial charge >= 0.3 is 0 Å². The second kappa shape index (κ2) is 4.66. The van der Waals surface area contributed by atoms with Gasteiger partial charge in [0, 0.05) is 13.2 Å². The molecule has 0 aliphatic heterocycles. The second-order valence-electron chi connectivity index (χ2n) is 2.21. The number of hydrogen-bond donors (Lipinski definition) is 3. The Morgan fingerprint density at radius 3 is 2.36 bits per heavy atom. The van der Waals surface area contributed by atoms with E-state index in [2.05, 4.69) is 5.32 Å². The summed E-state index contributed by atoms with van der Waals surface area (Å²) >= 11 is 0. The van der Waals surface area contributed by atoms with Crippen molar-refractivity contribution in [2.24, 2.45) is 0 Å². The zero-order valence-corrected chi connectivity index (χ0v) is 7.13. The molecule has 0 spiro atoms. The third kappa shape index (κ3) is 4.31. The van der Waals surface area contributed by atoms with E-state index in [1.807, 2.05) is 0 Å². The summed E-state index contributed by atoms with van der Waals surface area (Å²) in [5.41, 5.74) is 0. The van der Waals surface area contributed by atoms with Crippen LogP contribution in [0.3, 0.4) is 0 Å². The van der Waals surface area contributed by atoms with Crippen molar-refractivity contribution < 1.29 is 18.1 Å². The van der Waals surface area contributed by atoms with Crippen molar-refractivity contribution in [1.29, 1.82) is 0 Å². The van der Waals surface area contributed by atoms with Crippen LogP contribution in [0.1, 0.15) is 6.42 Å². The summed E-state index contributed by atoms with van der Waals surface area (Å²) in [6.45, 7) is -0.0917. The molecule has 3 N–H and O–H groups in total. The first kappa shape index (κ1) is 10.8. The van der Waals surface area contributed by atoms with Crippen LogP contribution in [0.4, 0.5) is 0 Å². The Morgan fingerprint density at radius 1 is 1.55 bits per heavy atom. The van der Waals surface area contributed by atoms with Gasteiger partial charge in [0.2, 0.25) is 0 Å². The van der Waals surface area contributed by atoms with E-state index in [0.717, 1.165) is 0 Å². The number of rotatable bonds is 5. The molecule has 0 aliphatic rings. The Balaban J connectivity index is 4.11. The molecule has 0 aromatic carbocycles. The van der Waals surface area contributed by atoms with E-state index in [9.17, 15) is 8.42 Å². The summed E-state index contributed by atoms with van der Waals surface area (Å²) < 4.78 is 29.6. The third-order valence-corrected chi connectivity index (χ3v) is 2.55. The van der Waals surface area contributed by atoms with E-state index in [1.165, 1.54) is 0 Å². The molecule has 11 heavy (non-hydrogen) atoms. The molecule has 0 aliphatic carbocycles. The molecule has 0 aromatic rings. The maximum absolute atomic E-state index is 10.5. The fourth-order valence-corrected chi connectivity index (χ4v) is 1.51. The third-order valence-electron chi connectivity index (χ3n) is 1.30. The first-order valence-corrected chi connectivity index (χ1v) is 4.74. The number of hydrogen-bond acceptors (Lipinski definition) is 4. The highest BCUT2D eigenvalue weighted by Gasteiger charge is 2.20. The molecule has 1 atom stereocenters. The molecule has 0 aromatic heterocycles. The van der Waals surface area contributed by atoms with Gasteiger partial charge in [-0.05, 0) is 13.5 Å². The van der Waals surface area contributed by atoms with Gasteiger partial charge in [0.05, 0.1) is 0 Å². The lowest BCUT2D eigenvalue weighted by atomic mass is 10.3. The fourth-order valence-electron chi connectivity index (χ4n) is 0.728. The molecule has 68 valence electrons. The zero-order chi connectivity index (χ0) is 8.91. The number of aliphatic hydroxyl groups excluding tert-OH is 1. The molecule has 5 nitrogen and oxygen atoms in total. The number of aliphatic hydroxyl groups is 1. The molecular formula is C5H13NO4S. The predicted molar refractivity (Wildman–Crippen MR) is 41.0 cm³/mol. The maximum atomic E-state index is 10.5. The molecular weight excluding hydrogens is 170 g/mol. The van der Waals surface area contributed by atoms with E-state index in [1.54, 1.807) is 7.05 Å². The van der Waals surface area contributed by atoms with Crippen molar-refractivity contribution in [2.45, 2.75) is 11.7 Å². The predicted octanol–water partition coefficient (Wildman–Crippen LogP) is -1.16. The highest BCUT2D eigenvalue weighted by atomic mass is 32.2. The largest absolute Gasteiger partial charge is 0.396 e. The Morgan fingerprint density at radius 2 is 2.09 bits per heavy atom. The summed E-state index contributed by atoms with van der Waals surface area (Å²) in [5, 5.41) is 10.1. The van der Waals surface area contributed by atoms with E-state index in [0.29, 0.717) is 0 Å². The molecule has 0 amide bonds. The van der Waals surface area contributed by atoms with E-state index in [-0.39, 0.29) is 19.6 Å². The monoisotopic (exact) mass is 183 g/mol. The fraction of sp³-hybridized carbons (Fsp3) is 1.00. The quantitative estimate of drug-likeness (QED) is 0.468. The molecule has 0 bridgehead atoms. The van der Waals surface area contributed by atoms with Crippen LogP contribution >= 0.6 is 0 Å². The minimum atomic E-state index is -4.01. The van der Waals surface area contributed by atoms with Crippen LogP contribution < -0.4 is 5.32 Å². The molecule has 0 rings (SSSR count). The molecule has 1 unspecified atom stereocenters. The summed E-state index contributed by atoms with van der Waals surface area (Å²) in [7, 11) is -2.43. The molecule has 0 heterocycles. The summed E-state index contributed by atoms with van der Waals surface area (Å²) in [6.07, 6.45) is 0.0552. The highest BCUT2D eigenvalue weighted by Crippen LogP contribution is 2.01. The normalized spacial score (nSPS) is 14.8. The van der Waals surface area contributed by atoms with Crippen LogP contribution in [0.15, 0.2) is 0 Å². The average Bonchev–Trinajstić information content (AvgIpc) is 1.85. The van der Waals surface area contributed by atoms with Crippen molar-refractivity contribution in [3.8, 4) is 0 Å². The highest BCUT2D eigenvalue weighted by molar-refractivity contribution is 7.86. The van der Waals surface area contributed by atoms with Gasteiger partial charge < -0.3 is 10.4 Å². The maximum Gasteiger partial charge on any atom is 0.269 e. The first-order valence-electron chi connectivity index (χ1n) is 3.24. The van der Waals surface area contributed by atoms with Gasteiger partial charge in [-0.1, -0.05) is 0 Å². The van der Waals surface area contributed by atoms with Crippen molar-refractivity contribution in [3.63, 3.8) is 0 Å². The average molecular weight is 183 g/mol. The van der Waals surface area contributed by atoms with Crippen LogP contribution in [0.25, 0.3) is 0 Å². The van der Waals surface area contributed by atoms with E-state index >= 15 is 0 Å². The Bertz CT molecular complexity index is 183. The van der Waals surface area contributed by atoms with Gasteiger partial charge in [-0.15, -0.1) is 0 Å². The minimum absolute atomic E-state index is 0.0552. The zero-order valence-electron chi connectivity index (χ0n) is 6.32. The van der Waals surface area contributed by atoms with Gasteiger partial charge in [-0.25, -0.2) is 0 Å². The van der Waals surface area contributed by atoms with Crippen LogP contribution in [0, 0.1) is 0 Å². The van der Waals surface area contributed by atoms with Crippen molar-refractivity contribution in [3.05, 3.63) is 0 Å². The molecule has 0 saturated carbocycles. The molecule has 0 fully saturated rings. The minimum Gasteiger partial charge on any atom is -0.396 e. The van der Waals surface area contributed by atoms with Crippen LogP contribution in [-0.2, 0) is 10.1 Å². The Hall–Kier alpha value is -0.170. The summed E-state index contributed by atoms with van der Waals surface area (Å²) in [5.74, 6) is 0.